The monoisotopic (exact) mass is 248 g/mol. The Morgan fingerprint density at radius 3 is 2.00 bits per heavy atom. The lowest BCUT2D eigenvalue weighted by molar-refractivity contribution is 0.0656. The third-order valence-corrected chi connectivity index (χ3v) is 3.88. The lowest BCUT2D eigenvalue weighted by Gasteiger charge is -2.37. The van der Waals surface area contributed by atoms with Gasteiger partial charge in [0.25, 0.3) is 0 Å². The molecule has 0 aliphatic carbocycles. The zero-order valence-electron chi connectivity index (χ0n) is 12.1. The molecule has 0 saturated heterocycles. The van der Waals surface area contributed by atoms with Crippen molar-refractivity contribution >= 4 is 11.5 Å². The fraction of sp³-hybridized carbons (Fsp3) is 0.533. The lowest BCUT2D eigenvalue weighted by atomic mass is 9.83. The number of benzene rings is 1. The summed E-state index contributed by atoms with van der Waals surface area (Å²) >= 11 is 0. The van der Waals surface area contributed by atoms with Crippen molar-refractivity contribution in [3.05, 3.63) is 29.8 Å². The minimum absolute atomic E-state index is 0.208. The molecule has 0 aromatic heterocycles. The Morgan fingerprint density at radius 2 is 1.67 bits per heavy atom. The normalized spacial score (nSPS) is 11.7. The Morgan fingerprint density at radius 1 is 1.17 bits per heavy atom. The first-order valence-corrected chi connectivity index (χ1v) is 6.51. The van der Waals surface area contributed by atoms with Crippen LogP contribution in [-0.2, 0) is 0 Å². The smallest absolute Gasteiger partial charge is 0.183 e. The van der Waals surface area contributed by atoms with E-state index in [1.807, 2.05) is 50.3 Å². The molecular formula is C15H24N2O. The predicted molar refractivity (Wildman–Crippen MR) is 77.3 cm³/mol. The fourth-order valence-corrected chi connectivity index (χ4v) is 2.46. The molecule has 0 fully saturated rings. The molecule has 1 N–H and O–H groups in total. The number of carbonyl (C=O) groups is 1. The van der Waals surface area contributed by atoms with Gasteiger partial charge in [-0.2, -0.15) is 0 Å². The van der Waals surface area contributed by atoms with E-state index in [1.165, 1.54) is 0 Å². The molecule has 1 aromatic rings. The molecule has 0 atom stereocenters. The second-order valence-corrected chi connectivity index (χ2v) is 4.79. The first kappa shape index (κ1) is 14.7. The standard InChI is InChI=1S/C15H24N2O/c1-6-15(7-2,17(4)5)14(18)12-8-10-13(16-3)11-9-12/h8-11,16H,6-7H2,1-5H3. The maximum atomic E-state index is 12.7. The van der Waals surface area contributed by atoms with E-state index in [-0.39, 0.29) is 11.3 Å². The molecule has 0 amide bonds. The predicted octanol–water partition coefficient (Wildman–Crippen LogP) is 3.03. The number of rotatable bonds is 6. The second-order valence-electron chi connectivity index (χ2n) is 4.79. The van der Waals surface area contributed by atoms with Crippen molar-refractivity contribution in [2.75, 3.05) is 26.5 Å². The molecule has 1 rings (SSSR count). The van der Waals surface area contributed by atoms with E-state index in [1.54, 1.807) is 0 Å². The van der Waals surface area contributed by atoms with Crippen molar-refractivity contribution in [2.45, 2.75) is 32.2 Å². The number of carbonyl (C=O) groups excluding carboxylic acids is 1. The number of hydrogen-bond donors (Lipinski definition) is 1. The van der Waals surface area contributed by atoms with Gasteiger partial charge in [-0.1, -0.05) is 13.8 Å². The van der Waals surface area contributed by atoms with Crippen LogP contribution in [0.1, 0.15) is 37.0 Å². The van der Waals surface area contributed by atoms with Crippen LogP contribution in [0.5, 0.6) is 0 Å². The van der Waals surface area contributed by atoms with Crippen molar-refractivity contribution in [1.82, 2.24) is 4.90 Å². The van der Waals surface area contributed by atoms with Gasteiger partial charge in [-0.3, -0.25) is 9.69 Å². The number of nitrogens with zero attached hydrogens (tertiary/aromatic N) is 1. The van der Waals surface area contributed by atoms with Gasteiger partial charge >= 0.3 is 0 Å². The molecule has 100 valence electrons. The van der Waals surface area contributed by atoms with Crippen LogP contribution >= 0.6 is 0 Å². The van der Waals surface area contributed by atoms with Crippen molar-refractivity contribution in [2.24, 2.45) is 0 Å². The molecule has 18 heavy (non-hydrogen) atoms. The molecule has 3 nitrogen and oxygen atoms in total. The molecule has 0 bridgehead atoms. The molecule has 0 aliphatic heterocycles. The van der Waals surface area contributed by atoms with Crippen LogP contribution in [0.15, 0.2) is 24.3 Å². The molecule has 1 aromatic carbocycles. The van der Waals surface area contributed by atoms with Crippen LogP contribution in [0.2, 0.25) is 0 Å². The summed E-state index contributed by atoms with van der Waals surface area (Å²) in [5.41, 5.74) is 1.42. The third kappa shape index (κ3) is 2.56. The topological polar surface area (TPSA) is 32.3 Å². The molecule has 0 aliphatic rings. The van der Waals surface area contributed by atoms with E-state index >= 15 is 0 Å². The first-order chi connectivity index (χ1) is 8.51. The molecule has 0 unspecified atom stereocenters. The minimum Gasteiger partial charge on any atom is -0.388 e. The van der Waals surface area contributed by atoms with Crippen molar-refractivity contribution in [3.8, 4) is 0 Å². The van der Waals surface area contributed by atoms with Gasteiger partial charge in [-0.25, -0.2) is 0 Å². The SMILES string of the molecule is CCC(CC)(C(=O)c1ccc(NC)cc1)N(C)C. The maximum absolute atomic E-state index is 12.7. The number of anilines is 1. The van der Waals surface area contributed by atoms with Crippen LogP contribution < -0.4 is 5.32 Å². The van der Waals surface area contributed by atoms with Crippen LogP contribution in [0.25, 0.3) is 0 Å². The highest BCUT2D eigenvalue weighted by Crippen LogP contribution is 2.26. The summed E-state index contributed by atoms with van der Waals surface area (Å²) in [5, 5.41) is 3.06. The van der Waals surface area contributed by atoms with Crippen LogP contribution in [0, 0.1) is 0 Å². The number of likely N-dealkylation sites (N-methyl/N-ethyl adjacent to an activating group) is 1. The van der Waals surface area contributed by atoms with Gasteiger partial charge in [-0.15, -0.1) is 0 Å². The molecule has 0 radical (unpaired) electrons. The summed E-state index contributed by atoms with van der Waals surface area (Å²) in [6.45, 7) is 4.15. The average molecular weight is 248 g/mol. The Balaban J connectivity index is 3.09. The molecule has 0 heterocycles. The highest BCUT2D eigenvalue weighted by atomic mass is 16.1. The molecule has 0 spiro atoms. The summed E-state index contributed by atoms with van der Waals surface area (Å²) in [6, 6.07) is 7.69. The largest absolute Gasteiger partial charge is 0.388 e. The Hall–Kier alpha value is -1.35. The van der Waals surface area contributed by atoms with Gasteiger partial charge in [0.2, 0.25) is 0 Å². The van der Waals surface area contributed by atoms with Crippen LogP contribution in [0.3, 0.4) is 0 Å². The van der Waals surface area contributed by atoms with Crippen molar-refractivity contribution < 1.29 is 4.79 Å². The van der Waals surface area contributed by atoms with Gasteiger partial charge in [0.1, 0.15) is 0 Å². The molecular weight excluding hydrogens is 224 g/mol. The number of Topliss-reactive ketones (excluding diaryl/α,β-unsaturated/α-hetero) is 1. The third-order valence-electron chi connectivity index (χ3n) is 3.88. The van der Waals surface area contributed by atoms with E-state index in [2.05, 4.69) is 19.2 Å². The zero-order chi connectivity index (χ0) is 13.8. The quantitative estimate of drug-likeness (QED) is 0.785. The minimum atomic E-state index is -0.388. The summed E-state index contributed by atoms with van der Waals surface area (Å²) in [4.78, 5) is 14.8. The van der Waals surface area contributed by atoms with Crippen molar-refractivity contribution in [3.63, 3.8) is 0 Å². The zero-order valence-corrected chi connectivity index (χ0v) is 12.1. The second kappa shape index (κ2) is 6.01. The number of ketones is 1. The Kier molecular flexibility index (Phi) is 4.91. The Labute approximate surface area is 110 Å². The average Bonchev–Trinajstić information content (AvgIpc) is 2.40. The highest BCUT2D eigenvalue weighted by Gasteiger charge is 2.37. The van der Waals surface area contributed by atoms with E-state index in [4.69, 9.17) is 0 Å². The maximum Gasteiger partial charge on any atom is 0.183 e. The van der Waals surface area contributed by atoms with E-state index in [0.29, 0.717) is 0 Å². The lowest BCUT2D eigenvalue weighted by Crippen LogP contribution is -2.50. The number of hydrogen-bond acceptors (Lipinski definition) is 3. The van der Waals surface area contributed by atoms with Crippen LogP contribution in [0.4, 0.5) is 5.69 Å². The molecule has 3 heteroatoms. The van der Waals surface area contributed by atoms with E-state index in [0.717, 1.165) is 24.1 Å². The highest BCUT2D eigenvalue weighted by molar-refractivity contribution is 6.03. The van der Waals surface area contributed by atoms with Crippen LogP contribution in [-0.4, -0.2) is 37.4 Å². The summed E-state index contributed by atoms with van der Waals surface area (Å²) in [6.07, 6.45) is 1.65. The summed E-state index contributed by atoms with van der Waals surface area (Å²) < 4.78 is 0. The van der Waals surface area contributed by atoms with Gasteiger partial charge in [0.05, 0.1) is 5.54 Å². The van der Waals surface area contributed by atoms with Crippen molar-refractivity contribution in [1.29, 1.82) is 0 Å². The Bertz CT molecular complexity index is 391. The summed E-state index contributed by atoms with van der Waals surface area (Å²) in [5.74, 6) is 0.208. The van der Waals surface area contributed by atoms with E-state index in [9.17, 15) is 4.79 Å². The van der Waals surface area contributed by atoms with Gasteiger partial charge in [0.15, 0.2) is 5.78 Å². The van der Waals surface area contributed by atoms with Gasteiger partial charge < -0.3 is 5.32 Å². The molecule has 0 saturated carbocycles. The summed E-state index contributed by atoms with van der Waals surface area (Å²) in [7, 11) is 5.83. The fourth-order valence-electron chi connectivity index (χ4n) is 2.46. The van der Waals surface area contributed by atoms with Gasteiger partial charge in [-0.05, 0) is 51.2 Å². The number of nitrogens with one attached hydrogen (secondary N) is 1. The first-order valence-electron chi connectivity index (χ1n) is 6.51. The van der Waals surface area contributed by atoms with Gasteiger partial charge in [0, 0.05) is 18.3 Å². The van der Waals surface area contributed by atoms with E-state index < -0.39 is 0 Å².